The summed E-state index contributed by atoms with van der Waals surface area (Å²) >= 11 is 0. The largest absolute Gasteiger partial charge is 0.338 e. The Bertz CT molecular complexity index is 684. The summed E-state index contributed by atoms with van der Waals surface area (Å²) in [5.74, 6) is 1.37. The van der Waals surface area contributed by atoms with Gasteiger partial charge in [-0.05, 0) is 18.6 Å². The topological polar surface area (TPSA) is 98.0 Å². The molecule has 0 radical (unpaired) electrons. The van der Waals surface area contributed by atoms with Gasteiger partial charge >= 0.3 is 0 Å². The third kappa shape index (κ3) is 3.02. The van der Waals surface area contributed by atoms with Crippen LogP contribution in [-0.4, -0.2) is 41.1 Å². The SMILES string of the molecule is O=S1(=O)CCC(NCc2nc(-c3ccncc3)no2)C1. The Morgan fingerprint density at radius 3 is 2.85 bits per heavy atom. The number of aromatic nitrogens is 3. The Morgan fingerprint density at radius 1 is 1.35 bits per heavy atom. The van der Waals surface area contributed by atoms with Crippen LogP contribution in [-0.2, 0) is 16.4 Å². The Morgan fingerprint density at radius 2 is 2.15 bits per heavy atom. The van der Waals surface area contributed by atoms with Crippen molar-refractivity contribution in [2.75, 3.05) is 11.5 Å². The van der Waals surface area contributed by atoms with Crippen LogP contribution in [0, 0.1) is 0 Å². The van der Waals surface area contributed by atoms with Crippen molar-refractivity contribution < 1.29 is 12.9 Å². The quantitative estimate of drug-likeness (QED) is 0.872. The van der Waals surface area contributed by atoms with Gasteiger partial charge in [-0.15, -0.1) is 0 Å². The zero-order chi connectivity index (χ0) is 14.0. The van der Waals surface area contributed by atoms with Gasteiger partial charge < -0.3 is 9.84 Å². The van der Waals surface area contributed by atoms with Gasteiger partial charge in [0.1, 0.15) is 0 Å². The van der Waals surface area contributed by atoms with E-state index in [4.69, 9.17) is 4.52 Å². The van der Waals surface area contributed by atoms with Crippen LogP contribution < -0.4 is 5.32 Å². The lowest BCUT2D eigenvalue weighted by molar-refractivity contribution is 0.360. The zero-order valence-electron chi connectivity index (χ0n) is 10.7. The summed E-state index contributed by atoms with van der Waals surface area (Å²) in [6.45, 7) is 0.373. The summed E-state index contributed by atoms with van der Waals surface area (Å²) < 4.78 is 27.8. The molecule has 1 N–H and O–H groups in total. The third-order valence-corrected chi connectivity index (χ3v) is 4.95. The highest BCUT2D eigenvalue weighted by Gasteiger charge is 2.27. The van der Waals surface area contributed by atoms with Gasteiger partial charge in [-0.1, -0.05) is 5.16 Å². The second kappa shape index (κ2) is 5.29. The van der Waals surface area contributed by atoms with E-state index in [0.29, 0.717) is 24.7 Å². The molecule has 2 aromatic heterocycles. The fourth-order valence-corrected chi connectivity index (χ4v) is 3.84. The highest BCUT2D eigenvalue weighted by atomic mass is 32.2. The Balaban J connectivity index is 1.61. The molecule has 3 rings (SSSR count). The molecule has 0 aromatic carbocycles. The summed E-state index contributed by atoms with van der Waals surface area (Å²) in [6.07, 6.45) is 3.95. The van der Waals surface area contributed by atoms with Crippen molar-refractivity contribution in [2.45, 2.75) is 19.0 Å². The van der Waals surface area contributed by atoms with Crippen molar-refractivity contribution in [3.05, 3.63) is 30.4 Å². The van der Waals surface area contributed by atoms with Gasteiger partial charge in [0.2, 0.25) is 11.7 Å². The molecule has 8 heteroatoms. The minimum Gasteiger partial charge on any atom is -0.338 e. The summed E-state index contributed by atoms with van der Waals surface area (Å²) in [5, 5.41) is 7.02. The summed E-state index contributed by atoms with van der Waals surface area (Å²) in [5.41, 5.74) is 0.832. The minimum absolute atomic E-state index is 0.0312. The summed E-state index contributed by atoms with van der Waals surface area (Å²) in [7, 11) is -2.87. The number of rotatable bonds is 4. The number of pyridine rings is 1. The Kier molecular flexibility index (Phi) is 3.49. The van der Waals surface area contributed by atoms with Crippen LogP contribution >= 0.6 is 0 Å². The molecule has 1 saturated heterocycles. The van der Waals surface area contributed by atoms with E-state index in [1.807, 2.05) is 0 Å². The molecule has 106 valence electrons. The molecule has 0 spiro atoms. The fourth-order valence-electron chi connectivity index (χ4n) is 2.13. The lowest BCUT2D eigenvalue weighted by Crippen LogP contribution is -2.29. The van der Waals surface area contributed by atoms with Crippen molar-refractivity contribution in [1.29, 1.82) is 0 Å². The Hall–Kier alpha value is -1.80. The molecule has 0 saturated carbocycles. The highest BCUT2D eigenvalue weighted by molar-refractivity contribution is 7.91. The van der Waals surface area contributed by atoms with Gasteiger partial charge in [-0.3, -0.25) is 4.98 Å². The first kappa shape index (κ1) is 13.2. The van der Waals surface area contributed by atoms with E-state index in [0.717, 1.165) is 5.56 Å². The van der Waals surface area contributed by atoms with Gasteiger partial charge in [-0.2, -0.15) is 4.98 Å². The van der Waals surface area contributed by atoms with Crippen LogP contribution in [0.25, 0.3) is 11.4 Å². The van der Waals surface area contributed by atoms with Crippen molar-refractivity contribution in [3.63, 3.8) is 0 Å². The molecule has 0 aliphatic carbocycles. The van der Waals surface area contributed by atoms with Gasteiger partial charge in [0.15, 0.2) is 9.84 Å². The average Bonchev–Trinajstić information content (AvgIpc) is 3.04. The summed E-state index contributed by atoms with van der Waals surface area (Å²) in [4.78, 5) is 8.18. The van der Waals surface area contributed by atoms with E-state index >= 15 is 0 Å². The first-order chi connectivity index (χ1) is 9.62. The first-order valence-electron chi connectivity index (χ1n) is 6.29. The third-order valence-electron chi connectivity index (χ3n) is 3.18. The van der Waals surface area contributed by atoms with Crippen LogP contribution in [0.2, 0.25) is 0 Å². The second-order valence-electron chi connectivity index (χ2n) is 4.73. The van der Waals surface area contributed by atoms with Crippen LogP contribution in [0.1, 0.15) is 12.3 Å². The maximum atomic E-state index is 11.3. The molecule has 7 nitrogen and oxygen atoms in total. The molecule has 2 aromatic rings. The molecule has 1 aliphatic heterocycles. The number of nitrogens with zero attached hydrogens (tertiary/aromatic N) is 3. The number of sulfone groups is 1. The molecule has 0 amide bonds. The fraction of sp³-hybridized carbons (Fsp3) is 0.417. The molecule has 20 heavy (non-hydrogen) atoms. The highest BCUT2D eigenvalue weighted by Crippen LogP contribution is 2.15. The minimum atomic E-state index is -2.87. The van der Waals surface area contributed by atoms with Crippen molar-refractivity contribution >= 4 is 9.84 Å². The molecule has 0 bridgehead atoms. The van der Waals surface area contributed by atoms with E-state index in [9.17, 15) is 8.42 Å². The van der Waals surface area contributed by atoms with Crippen LogP contribution in [0.5, 0.6) is 0 Å². The molecule has 1 aliphatic rings. The lowest BCUT2D eigenvalue weighted by atomic mass is 10.2. The van der Waals surface area contributed by atoms with E-state index in [1.54, 1.807) is 24.5 Å². The van der Waals surface area contributed by atoms with Crippen molar-refractivity contribution in [3.8, 4) is 11.4 Å². The first-order valence-corrected chi connectivity index (χ1v) is 8.11. The maximum absolute atomic E-state index is 11.3. The molecule has 3 heterocycles. The van der Waals surface area contributed by atoms with Crippen LogP contribution in [0.3, 0.4) is 0 Å². The van der Waals surface area contributed by atoms with Crippen LogP contribution in [0.15, 0.2) is 29.0 Å². The molecular formula is C12H14N4O3S. The monoisotopic (exact) mass is 294 g/mol. The van der Waals surface area contributed by atoms with E-state index in [1.165, 1.54) is 0 Å². The van der Waals surface area contributed by atoms with E-state index in [2.05, 4.69) is 20.4 Å². The smallest absolute Gasteiger partial charge is 0.240 e. The standard InChI is InChI=1S/C12H14N4O3S/c17-20(18)6-3-10(8-20)14-7-11-15-12(16-19-11)9-1-4-13-5-2-9/h1-2,4-5,10,14H,3,6-8H2. The average molecular weight is 294 g/mol. The van der Waals surface area contributed by atoms with E-state index in [-0.39, 0.29) is 17.5 Å². The summed E-state index contributed by atoms with van der Waals surface area (Å²) in [6, 6.07) is 3.56. The van der Waals surface area contributed by atoms with Crippen molar-refractivity contribution in [1.82, 2.24) is 20.4 Å². The van der Waals surface area contributed by atoms with Crippen molar-refractivity contribution in [2.24, 2.45) is 0 Å². The normalized spacial score (nSPS) is 21.1. The molecule has 1 unspecified atom stereocenters. The van der Waals surface area contributed by atoms with Crippen LogP contribution in [0.4, 0.5) is 0 Å². The maximum Gasteiger partial charge on any atom is 0.240 e. The predicted octanol–water partition coefficient (Wildman–Crippen LogP) is 0.408. The zero-order valence-corrected chi connectivity index (χ0v) is 11.5. The predicted molar refractivity (Wildman–Crippen MR) is 71.4 cm³/mol. The molecule has 1 atom stereocenters. The van der Waals surface area contributed by atoms with Gasteiger partial charge in [0.05, 0.1) is 18.1 Å². The number of hydrogen-bond donors (Lipinski definition) is 1. The van der Waals surface area contributed by atoms with Gasteiger partial charge in [-0.25, -0.2) is 8.42 Å². The number of nitrogens with one attached hydrogen (secondary N) is 1. The molecular weight excluding hydrogens is 280 g/mol. The lowest BCUT2D eigenvalue weighted by Gasteiger charge is -2.07. The second-order valence-corrected chi connectivity index (χ2v) is 6.96. The van der Waals surface area contributed by atoms with E-state index < -0.39 is 9.84 Å². The van der Waals surface area contributed by atoms with Gasteiger partial charge in [0.25, 0.3) is 0 Å². The molecule has 1 fully saturated rings. The Labute approximate surface area is 116 Å². The van der Waals surface area contributed by atoms with Gasteiger partial charge in [0, 0.05) is 24.0 Å². The number of hydrogen-bond acceptors (Lipinski definition) is 7.